The third-order valence-corrected chi connectivity index (χ3v) is 6.11. The maximum atomic E-state index is 5.51. The molecule has 0 amide bonds. The van der Waals surface area contributed by atoms with Gasteiger partial charge in [-0.15, -0.1) is 0 Å². The highest BCUT2D eigenvalue weighted by Crippen LogP contribution is 2.06. The van der Waals surface area contributed by atoms with Crippen LogP contribution >= 0.6 is 0 Å². The Kier molecular flexibility index (Phi) is 6.30. The Hall–Kier alpha value is -0.786. The van der Waals surface area contributed by atoms with E-state index in [2.05, 4.69) is 26.2 Å². The molecule has 0 saturated heterocycles. The summed E-state index contributed by atoms with van der Waals surface area (Å²) < 4.78 is 5.51. The summed E-state index contributed by atoms with van der Waals surface area (Å²) in [5.41, 5.74) is 12.2. The van der Waals surface area contributed by atoms with Crippen LogP contribution in [0.5, 0.6) is 0 Å². The highest BCUT2D eigenvalue weighted by atomic mass is 28.4. The molecular formula is C10H22N2OSi2. The molecule has 15 heavy (non-hydrogen) atoms. The predicted molar refractivity (Wildman–Crippen MR) is 74.1 cm³/mol. The molecule has 5 heteroatoms. The topological polar surface area (TPSA) is 61.3 Å². The summed E-state index contributed by atoms with van der Waals surface area (Å²) in [4.78, 5) is 0. The fourth-order valence-electron chi connectivity index (χ4n) is 0.992. The monoisotopic (exact) mass is 242 g/mol. The molecular weight excluding hydrogens is 220 g/mol. The molecule has 1 aromatic carbocycles. The summed E-state index contributed by atoms with van der Waals surface area (Å²) in [7, 11) is -1.22. The molecule has 0 aliphatic rings. The first kappa shape index (κ1) is 14.2. The minimum Gasteiger partial charge on any atom is -0.461 e. The van der Waals surface area contributed by atoms with Crippen LogP contribution in [0.4, 0.5) is 11.4 Å². The summed E-state index contributed by atoms with van der Waals surface area (Å²) in [6, 6.07) is 7.15. The van der Waals surface area contributed by atoms with Gasteiger partial charge in [0.1, 0.15) is 9.76 Å². The molecule has 86 valence electrons. The van der Waals surface area contributed by atoms with Crippen LogP contribution in [0, 0.1) is 0 Å². The minimum atomic E-state index is -1.10. The van der Waals surface area contributed by atoms with Crippen molar-refractivity contribution in [3.05, 3.63) is 24.3 Å². The molecule has 0 atom stereocenters. The molecule has 0 bridgehead atoms. The van der Waals surface area contributed by atoms with Crippen LogP contribution in [-0.4, -0.2) is 18.1 Å². The van der Waals surface area contributed by atoms with Gasteiger partial charge in [-0.2, -0.15) is 0 Å². The Bertz CT molecular complexity index is 270. The number of benzene rings is 1. The summed E-state index contributed by atoms with van der Waals surface area (Å²) >= 11 is 0. The zero-order valence-corrected chi connectivity index (χ0v) is 12.5. The summed E-state index contributed by atoms with van der Waals surface area (Å²) in [6.45, 7) is 8.86. The molecule has 3 nitrogen and oxygen atoms in total. The Morgan fingerprint density at radius 3 is 1.73 bits per heavy atom. The third-order valence-electron chi connectivity index (χ3n) is 1.49. The number of anilines is 2. The van der Waals surface area contributed by atoms with Crippen molar-refractivity contribution in [2.75, 3.05) is 11.5 Å². The van der Waals surface area contributed by atoms with Gasteiger partial charge in [-0.05, 0) is 37.8 Å². The van der Waals surface area contributed by atoms with Gasteiger partial charge < -0.3 is 15.6 Å². The van der Waals surface area contributed by atoms with Crippen LogP contribution in [0.2, 0.25) is 26.2 Å². The Balaban J connectivity index is 0.000000265. The predicted octanol–water partition coefficient (Wildman–Crippen LogP) is 1.82. The van der Waals surface area contributed by atoms with E-state index < -0.39 is 8.32 Å². The molecule has 0 aliphatic carbocycles. The first-order chi connectivity index (χ1) is 6.85. The van der Waals surface area contributed by atoms with E-state index in [9.17, 15) is 0 Å². The molecule has 0 spiro atoms. The average molecular weight is 242 g/mol. The van der Waals surface area contributed by atoms with Crippen LogP contribution < -0.4 is 11.5 Å². The lowest BCUT2D eigenvalue weighted by Crippen LogP contribution is -2.26. The number of nitrogens with two attached hydrogens (primary N) is 2. The second kappa shape index (κ2) is 6.65. The maximum absolute atomic E-state index is 5.51. The van der Waals surface area contributed by atoms with Crippen molar-refractivity contribution in [1.29, 1.82) is 0 Å². The fraction of sp³-hybridized carbons (Fsp3) is 0.400. The van der Waals surface area contributed by atoms with E-state index >= 15 is 0 Å². The number of nitrogen functional groups attached to an aromatic ring is 2. The zero-order valence-electron chi connectivity index (χ0n) is 10.1. The Morgan fingerprint density at radius 1 is 1.13 bits per heavy atom. The molecule has 0 heterocycles. The van der Waals surface area contributed by atoms with Crippen LogP contribution in [0.15, 0.2) is 24.3 Å². The molecule has 0 aliphatic heterocycles. The second-order valence-corrected chi connectivity index (χ2v) is 10.2. The van der Waals surface area contributed by atoms with E-state index in [4.69, 9.17) is 15.6 Å². The van der Waals surface area contributed by atoms with Crippen LogP contribution in [0.25, 0.3) is 0 Å². The molecule has 0 aromatic heterocycles. The Labute approximate surface area is 95.9 Å². The number of hydrogen-bond donors (Lipinski definition) is 2. The summed E-state index contributed by atoms with van der Waals surface area (Å²) in [6.07, 6.45) is 0. The first-order valence-corrected chi connectivity index (χ1v) is 10.5. The normalized spacial score (nSPS) is 11.2. The first-order valence-electron chi connectivity index (χ1n) is 5.10. The van der Waals surface area contributed by atoms with Crippen LogP contribution in [-0.2, 0) is 4.12 Å². The standard InChI is InChI=1S/C6H8N2.C4H14OSi2/c7-5-2-1-3-6(8)4-5;1-6-5-7(2,3)4/h1-4H,7-8H2;6H2,1-4H3. The van der Waals surface area contributed by atoms with Gasteiger partial charge in [0.25, 0.3) is 0 Å². The van der Waals surface area contributed by atoms with Gasteiger partial charge in [0.2, 0.25) is 0 Å². The molecule has 1 rings (SSSR count). The Morgan fingerprint density at radius 2 is 1.60 bits per heavy atom. The molecule has 0 unspecified atom stereocenters. The van der Waals surface area contributed by atoms with E-state index in [-0.39, 0.29) is 9.76 Å². The van der Waals surface area contributed by atoms with E-state index in [0.29, 0.717) is 11.4 Å². The lowest BCUT2D eigenvalue weighted by molar-refractivity contribution is 0.603. The molecule has 1 aromatic rings. The second-order valence-electron chi connectivity index (χ2n) is 4.22. The molecule has 0 fully saturated rings. The van der Waals surface area contributed by atoms with Crippen molar-refractivity contribution < 1.29 is 4.12 Å². The highest BCUT2D eigenvalue weighted by molar-refractivity contribution is 6.73. The van der Waals surface area contributed by atoms with Crippen molar-refractivity contribution >= 4 is 29.5 Å². The lowest BCUT2D eigenvalue weighted by atomic mass is 10.3. The van der Waals surface area contributed by atoms with Gasteiger partial charge >= 0.3 is 0 Å². The minimum absolute atomic E-state index is 0.128. The molecule has 0 radical (unpaired) electrons. The van der Waals surface area contributed by atoms with Gasteiger partial charge in [-0.1, -0.05) is 12.6 Å². The maximum Gasteiger partial charge on any atom is 0.169 e. The van der Waals surface area contributed by atoms with Gasteiger partial charge in [0.15, 0.2) is 8.32 Å². The van der Waals surface area contributed by atoms with Crippen molar-refractivity contribution in [3.8, 4) is 0 Å². The van der Waals surface area contributed by atoms with Crippen molar-refractivity contribution in [2.45, 2.75) is 26.2 Å². The van der Waals surface area contributed by atoms with E-state index in [1.165, 1.54) is 0 Å². The smallest absolute Gasteiger partial charge is 0.169 e. The quantitative estimate of drug-likeness (QED) is 0.614. The summed E-state index contributed by atoms with van der Waals surface area (Å²) in [5, 5.41) is 0. The number of hydrogen-bond acceptors (Lipinski definition) is 3. The van der Waals surface area contributed by atoms with Crippen molar-refractivity contribution in [3.63, 3.8) is 0 Å². The SMILES string of the molecule is C[SiH2]O[Si](C)(C)C.Nc1cccc(N)c1. The molecule has 0 saturated carbocycles. The fourth-order valence-corrected chi connectivity index (χ4v) is 4.46. The van der Waals surface area contributed by atoms with Crippen molar-refractivity contribution in [2.24, 2.45) is 0 Å². The van der Waals surface area contributed by atoms with Crippen molar-refractivity contribution in [1.82, 2.24) is 0 Å². The lowest BCUT2D eigenvalue weighted by Gasteiger charge is -2.14. The van der Waals surface area contributed by atoms with Crippen LogP contribution in [0.1, 0.15) is 0 Å². The van der Waals surface area contributed by atoms with Gasteiger partial charge in [-0.25, -0.2) is 0 Å². The number of rotatable bonds is 2. The summed E-state index contributed by atoms with van der Waals surface area (Å²) in [5.74, 6) is 0. The molecule has 4 N–H and O–H groups in total. The highest BCUT2D eigenvalue weighted by Gasteiger charge is 2.10. The van der Waals surface area contributed by atoms with E-state index in [1.807, 2.05) is 6.07 Å². The van der Waals surface area contributed by atoms with Gasteiger partial charge in [0, 0.05) is 11.4 Å². The van der Waals surface area contributed by atoms with Crippen LogP contribution in [0.3, 0.4) is 0 Å². The third kappa shape index (κ3) is 9.52. The largest absolute Gasteiger partial charge is 0.461 e. The van der Waals surface area contributed by atoms with E-state index in [0.717, 1.165) is 0 Å². The zero-order chi connectivity index (χ0) is 11.9. The van der Waals surface area contributed by atoms with Gasteiger partial charge in [-0.3, -0.25) is 0 Å². The van der Waals surface area contributed by atoms with E-state index in [1.54, 1.807) is 18.2 Å². The average Bonchev–Trinajstić information content (AvgIpc) is 2.01. The van der Waals surface area contributed by atoms with Gasteiger partial charge in [0.05, 0.1) is 0 Å².